The van der Waals surface area contributed by atoms with Gasteiger partial charge in [-0.15, -0.1) is 0 Å². The summed E-state index contributed by atoms with van der Waals surface area (Å²) in [7, 11) is -0.531. The molecule has 1 aliphatic carbocycles. The van der Waals surface area contributed by atoms with Gasteiger partial charge in [-0.1, -0.05) is 42.0 Å². The second kappa shape index (κ2) is 9.93. The van der Waals surface area contributed by atoms with Crippen molar-refractivity contribution in [1.29, 1.82) is 0 Å². The number of amides is 1. The molecule has 0 spiro atoms. The summed E-state index contributed by atoms with van der Waals surface area (Å²) in [6.45, 7) is 1.12. The Morgan fingerprint density at radius 3 is 2.55 bits per heavy atom. The minimum Gasteiger partial charge on any atom is -0.350 e. The second-order valence-corrected chi connectivity index (χ2v) is 10.9. The SMILES string of the molecule is CN(C)S(=O)(=O)c1ccc2c(c1)cc(C(=O)NCCC1=CCCCC1)n2Cc1ccccc1. The molecule has 1 aliphatic rings. The van der Waals surface area contributed by atoms with Crippen molar-refractivity contribution in [1.82, 2.24) is 14.2 Å². The summed E-state index contributed by atoms with van der Waals surface area (Å²) < 4.78 is 28.4. The fraction of sp³-hybridized carbons (Fsp3) is 0.346. The molecule has 2 aromatic carbocycles. The lowest BCUT2D eigenvalue weighted by Gasteiger charge is -2.14. The Balaban J connectivity index is 1.65. The van der Waals surface area contributed by atoms with E-state index in [-0.39, 0.29) is 10.8 Å². The number of fused-ring (bicyclic) bond motifs is 1. The van der Waals surface area contributed by atoms with Crippen molar-refractivity contribution in [2.75, 3.05) is 20.6 Å². The van der Waals surface area contributed by atoms with Crippen molar-refractivity contribution in [3.63, 3.8) is 0 Å². The van der Waals surface area contributed by atoms with Gasteiger partial charge in [0, 0.05) is 38.1 Å². The number of nitrogens with zero attached hydrogens (tertiary/aromatic N) is 2. The van der Waals surface area contributed by atoms with Gasteiger partial charge in [-0.05, 0) is 61.9 Å². The van der Waals surface area contributed by atoms with Gasteiger partial charge in [0.15, 0.2) is 0 Å². The summed E-state index contributed by atoms with van der Waals surface area (Å²) in [5.41, 5.74) is 3.86. The lowest BCUT2D eigenvalue weighted by molar-refractivity contribution is 0.0945. The first kappa shape index (κ1) is 23.3. The van der Waals surface area contributed by atoms with Crippen LogP contribution in [0.5, 0.6) is 0 Å². The van der Waals surface area contributed by atoms with Crippen LogP contribution in [0, 0.1) is 0 Å². The highest BCUT2D eigenvalue weighted by atomic mass is 32.2. The maximum atomic E-state index is 13.2. The number of aromatic nitrogens is 1. The summed E-state index contributed by atoms with van der Waals surface area (Å²) >= 11 is 0. The fourth-order valence-corrected chi connectivity index (χ4v) is 5.24. The van der Waals surface area contributed by atoms with E-state index < -0.39 is 10.0 Å². The zero-order valence-electron chi connectivity index (χ0n) is 19.3. The highest BCUT2D eigenvalue weighted by molar-refractivity contribution is 7.89. The van der Waals surface area contributed by atoms with Crippen LogP contribution in [0.2, 0.25) is 0 Å². The highest BCUT2D eigenvalue weighted by Gasteiger charge is 2.21. The molecule has 0 saturated carbocycles. The Hall–Kier alpha value is -2.90. The number of benzene rings is 2. The van der Waals surface area contributed by atoms with E-state index in [1.54, 1.807) is 24.3 Å². The van der Waals surface area contributed by atoms with E-state index in [0.29, 0.717) is 18.8 Å². The van der Waals surface area contributed by atoms with Crippen LogP contribution in [0.1, 0.15) is 48.2 Å². The smallest absolute Gasteiger partial charge is 0.267 e. The molecule has 0 unspecified atom stereocenters. The molecule has 1 aromatic heterocycles. The van der Waals surface area contributed by atoms with Gasteiger partial charge in [0.1, 0.15) is 5.69 Å². The number of allylic oxidation sites excluding steroid dienone is 1. The molecule has 0 fully saturated rings. The van der Waals surface area contributed by atoms with Crippen LogP contribution < -0.4 is 5.32 Å². The van der Waals surface area contributed by atoms with Crippen molar-refractivity contribution < 1.29 is 13.2 Å². The summed E-state index contributed by atoms with van der Waals surface area (Å²) in [6, 6.07) is 16.8. The van der Waals surface area contributed by atoms with Gasteiger partial charge in [0.2, 0.25) is 10.0 Å². The molecule has 0 saturated heterocycles. The van der Waals surface area contributed by atoms with E-state index in [4.69, 9.17) is 0 Å². The molecule has 174 valence electrons. The summed E-state index contributed by atoms with van der Waals surface area (Å²) in [4.78, 5) is 13.4. The highest BCUT2D eigenvalue weighted by Crippen LogP contribution is 2.26. The Morgan fingerprint density at radius 2 is 1.85 bits per heavy atom. The molecule has 1 heterocycles. The largest absolute Gasteiger partial charge is 0.350 e. The minimum absolute atomic E-state index is 0.143. The number of hydrogen-bond acceptors (Lipinski definition) is 3. The van der Waals surface area contributed by atoms with Crippen LogP contribution >= 0.6 is 0 Å². The molecule has 0 radical (unpaired) electrons. The first-order valence-corrected chi connectivity index (χ1v) is 12.9. The first-order valence-electron chi connectivity index (χ1n) is 11.4. The van der Waals surface area contributed by atoms with Crippen molar-refractivity contribution in [2.24, 2.45) is 0 Å². The lowest BCUT2D eigenvalue weighted by atomic mass is 9.97. The molecular weight excluding hydrogens is 434 g/mol. The Bertz CT molecular complexity index is 1270. The van der Waals surface area contributed by atoms with Crippen LogP contribution in [0.3, 0.4) is 0 Å². The van der Waals surface area contributed by atoms with E-state index in [2.05, 4.69) is 11.4 Å². The lowest BCUT2D eigenvalue weighted by Crippen LogP contribution is -2.27. The summed E-state index contributed by atoms with van der Waals surface area (Å²) in [5.74, 6) is -0.143. The second-order valence-electron chi connectivity index (χ2n) is 8.72. The average molecular weight is 466 g/mol. The maximum Gasteiger partial charge on any atom is 0.267 e. The van der Waals surface area contributed by atoms with E-state index in [1.807, 2.05) is 34.9 Å². The number of sulfonamides is 1. The molecule has 0 bridgehead atoms. The van der Waals surface area contributed by atoms with Crippen LogP contribution in [0.25, 0.3) is 10.9 Å². The Morgan fingerprint density at radius 1 is 1.06 bits per heavy atom. The van der Waals surface area contributed by atoms with E-state index >= 15 is 0 Å². The van der Waals surface area contributed by atoms with E-state index in [0.717, 1.165) is 35.7 Å². The molecule has 0 atom stereocenters. The molecule has 33 heavy (non-hydrogen) atoms. The van der Waals surface area contributed by atoms with Crippen molar-refractivity contribution in [3.8, 4) is 0 Å². The molecule has 6 nitrogen and oxygen atoms in total. The van der Waals surface area contributed by atoms with Gasteiger partial charge < -0.3 is 9.88 Å². The van der Waals surface area contributed by atoms with Gasteiger partial charge in [0.25, 0.3) is 5.91 Å². The van der Waals surface area contributed by atoms with Gasteiger partial charge in [-0.2, -0.15) is 0 Å². The zero-order valence-corrected chi connectivity index (χ0v) is 20.1. The topological polar surface area (TPSA) is 71.4 Å². The monoisotopic (exact) mass is 465 g/mol. The van der Waals surface area contributed by atoms with Crippen molar-refractivity contribution >= 4 is 26.8 Å². The van der Waals surface area contributed by atoms with Gasteiger partial charge in [-0.3, -0.25) is 4.79 Å². The number of carbonyl (C=O) groups is 1. The normalized spacial score (nSPS) is 14.5. The standard InChI is InChI=1S/C26H31N3O3S/c1-28(2)33(31,32)23-13-14-24-22(17-23)18-25(29(24)19-21-11-7-4-8-12-21)26(30)27-16-15-20-9-5-3-6-10-20/h4,7-9,11-14,17-18H,3,5-6,10,15-16,19H2,1-2H3,(H,27,30). The van der Waals surface area contributed by atoms with Crippen LogP contribution in [0.15, 0.2) is 71.1 Å². The van der Waals surface area contributed by atoms with Crippen LogP contribution in [0.4, 0.5) is 0 Å². The number of hydrogen-bond donors (Lipinski definition) is 1. The van der Waals surface area contributed by atoms with Gasteiger partial charge >= 0.3 is 0 Å². The third-order valence-corrected chi connectivity index (χ3v) is 8.00. The van der Waals surface area contributed by atoms with E-state index in [9.17, 15) is 13.2 Å². The molecular formula is C26H31N3O3S. The van der Waals surface area contributed by atoms with Crippen LogP contribution in [-0.4, -0.2) is 43.8 Å². The Kier molecular flexibility index (Phi) is 7.00. The zero-order chi connectivity index (χ0) is 23.4. The maximum absolute atomic E-state index is 13.2. The molecule has 7 heteroatoms. The molecule has 1 amide bonds. The third-order valence-electron chi connectivity index (χ3n) is 6.18. The summed E-state index contributed by atoms with van der Waals surface area (Å²) in [6.07, 6.45) is 7.90. The fourth-order valence-electron chi connectivity index (χ4n) is 4.30. The minimum atomic E-state index is -3.56. The van der Waals surface area contributed by atoms with Gasteiger partial charge in [-0.25, -0.2) is 12.7 Å². The predicted octanol–water partition coefficient (Wildman–Crippen LogP) is 4.56. The molecule has 0 aliphatic heterocycles. The van der Waals surface area contributed by atoms with Crippen LogP contribution in [-0.2, 0) is 16.6 Å². The number of nitrogens with one attached hydrogen (secondary N) is 1. The number of carbonyl (C=O) groups excluding carboxylic acids is 1. The average Bonchev–Trinajstić information content (AvgIpc) is 3.18. The van der Waals surface area contributed by atoms with E-state index in [1.165, 1.54) is 36.8 Å². The predicted molar refractivity (Wildman–Crippen MR) is 132 cm³/mol. The third kappa shape index (κ3) is 5.20. The first-order chi connectivity index (χ1) is 15.9. The Labute approximate surface area is 196 Å². The van der Waals surface area contributed by atoms with Crippen molar-refractivity contribution in [2.45, 2.75) is 43.5 Å². The molecule has 1 N–H and O–H groups in total. The summed E-state index contributed by atoms with van der Waals surface area (Å²) in [5, 5.41) is 3.80. The molecule has 3 aromatic rings. The quantitative estimate of drug-likeness (QED) is 0.496. The molecule has 4 rings (SSSR count). The van der Waals surface area contributed by atoms with Gasteiger partial charge in [0.05, 0.1) is 4.90 Å². The van der Waals surface area contributed by atoms with Crippen molar-refractivity contribution in [3.05, 3.63) is 77.5 Å². The number of rotatable bonds is 8.